The zero-order valence-electron chi connectivity index (χ0n) is 13.2. The summed E-state index contributed by atoms with van der Waals surface area (Å²) in [6, 6.07) is 0. The van der Waals surface area contributed by atoms with Gasteiger partial charge in [0.25, 0.3) is 0 Å². The molecular weight excluding hydrogens is 256 g/mol. The molecule has 0 aromatic heterocycles. The van der Waals surface area contributed by atoms with Crippen molar-refractivity contribution in [3.63, 3.8) is 0 Å². The summed E-state index contributed by atoms with van der Waals surface area (Å²) < 4.78 is 10.3. The summed E-state index contributed by atoms with van der Waals surface area (Å²) in [7, 11) is 0. The quantitative estimate of drug-likeness (QED) is 0.454. The smallest absolute Gasteiger partial charge is 0.337 e. The molecule has 0 aliphatic carbocycles. The summed E-state index contributed by atoms with van der Waals surface area (Å²) in [6.45, 7) is 8.40. The number of rotatable bonds is 10. The van der Waals surface area contributed by atoms with Gasteiger partial charge in [-0.2, -0.15) is 0 Å². The molecule has 0 heterocycles. The van der Waals surface area contributed by atoms with Gasteiger partial charge in [0, 0.05) is 6.42 Å². The van der Waals surface area contributed by atoms with Crippen LogP contribution in [0.4, 0.5) is 0 Å². The third-order valence-corrected chi connectivity index (χ3v) is 2.61. The lowest BCUT2D eigenvalue weighted by Crippen LogP contribution is -2.17. The molecule has 116 valence electrons. The van der Waals surface area contributed by atoms with Gasteiger partial charge >= 0.3 is 11.9 Å². The Balaban J connectivity index is 4.34. The van der Waals surface area contributed by atoms with Crippen LogP contribution in [0.15, 0.2) is 11.6 Å². The molecule has 0 amide bonds. The highest BCUT2D eigenvalue weighted by Gasteiger charge is 2.14. The minimum atomic E-state index is -0.379. The van der Waals surface area contributed by atoms with Crippen molar-refractivity contribution < 1.29 is 19.1 Å². The molecule has 0 aromatic carbocycles. The number of hydrogen-bond acceptors (Lipinski definition) is 4. The fraction of sp³-hybridized carbons (Fsp3) is 0.750. The van der Waals surface area contributed by atoms with Crippen LogP contribution in [-0.4, -0.2) is 25.2 Å². The maximum atomic E-state index is 11.9. The molecule has 0 atom stereocenters. The van der Waals surface area contributed by atoms with E-state index in [9.17, 15) is 9.59 Å². The van der Waals surface area contributed by atoms with E-state index in [4.69, 9.17) is 9.47 Å². The van der Waals surface area contributed by atoms with E-state index in [1.807, 2.05) is 27.7 Å². The van der Waals surface area contributed by atoms with Gasteiger partial charge in [-0.25, -0.2) is 4.79 Å². The number of carbonyl (C=O) groups excluding carboxylic acids is 2. The number of esters is 2. The molecule has 4 heteroatoms. The van der Waals surface area contributed by atoms with Crippen molar-refractivity contribution in [1.29, 1.82) is 0 Å². The first-order chi connectivity index (χ1) is 9.51. The molecule has 0 radical (unpaired) electrons. The summed E-state index contributed by atoms with van der Waals surface area (Å²) in [5, 5.41) is 0. The van der Waals surface area contributed by atoms with E-state index in [-0.39, 0.29) is 18.5 Å². The summed E-state index contributed by atoms with van der Waals surface area (Å²) in [6.07, 6.45) is 5.67. The maximum absolute atomic E-state index is 11.9. The van der Waals surface area contributed by atoms with E-state index < -0.39 is 0 Å². The SMILES string of the molecule is CCCC=C(COC(=O)CCCC)C(=O)OCC(C)C. The first kappa shape index (κ1) is 18.7. The Morgan fingerprint density at radius 1 is 1.10 bits per heavy atom. The monoisotopic (exact) mass is 284 g/mol. The lowest BCUT2D eigenvalue weighted by atomic mass is 10.2. The molecule has 0 unspecified atom stereocenters. The van der Waals surface area contributed by atoms with Crippen LogP contribution in [0.1, 0.15) is 59.8 Å². The van der Waals surface area contributed by atoms with Crippen LogP contribution in [0.3, 0.4) is 0 Å². The summed E-state index contributed by atoms with van der Waals surface area (Å²) >= 11 is 0. The van der Waals surface area contributed by atoms with Gasteiger partial charge in [-0.1, -0.05) is 46.6 Å². The molecule has 0 aromatic rings. The average Bonchev–Trinajstić information content (AvgIpc) is 2.42. The Labute approximate surface area is 122 Å². The second kappa shape index (κ2) is 11.5. The molecule has 0 aliphatic rings. The van der Waals surface area contributed by atoms with Crippen molar-refractivity contribution in [2.24, 2.45) is 5.92 Å². The van der Waals surface area contributed by atoms with Crippen molar-refractivity contribution in [3.8, 4) is 0 Å². The number of unbranched alkanes of at least 4 members (excludes halogenated alkanes) is 2. The standard InChI is InChI=1S/C16H28O4/c1-5-7-9-14(16(18)20-11-13(3)4)12-19-15(17)10-8-6-2/h9,13H,5-8,10-12H2,1-4H3. The van der Waals surface area contributed by atoms with Crippen LogP contribution in [0.25, 0.3) is 0 Å². The lowest BCUT2D eigenvalue weighted by molar-refractivity contribution is -0.145. The highest BCUT2D eigenvalue weighted by Crippen LogP contribution is 2.07. The third kappa shape index (κ3) is 9.59. The molecule has 20 heavy (non-hydrogen) atoms. The fourth-order valence-corrected chi connectivity index (χ4v) is 1.41. The molecule has 0 saturated heterocycles. The zero-order chi connectivity index (χ0) is 15.4. The van der Waals surface area contributed by atoms with Crippen LogP contribution in [-0.2, 0) is 19.1 Å². The predicted octanol–water partition coefficient (Wildman–Crippen LogP) is 3.65. The molecule has 0 bridgehead atoms. The van der Waals surface area contributed by atoms with Gasteiger partial charge in [0.15, 0.2) is 0 Å². The molecule has 0 aliphatic heterocycles. The first-order valence-electron chi connectivity index (χ1n) is 7.53. The van der Waals surface area contributed by atoms with Crippen molar-refractivity contribution in [3.05, 3.63) is 11.6 Å². The molecule has 0 fully saturated rings. The number of ether oxygens (including phenoxy) is 2. The normalized spacial score (nSPS) is 11.6. The fourth-order valence-electron chi connectivity index (χ4n) is 1.41. The van der Waals surface area contributed by atoms with Crippen LogP contribution in [0.5, 0.6) is 0 Å². The van der Waals surface area contributed by atoms with Crippen LogP contribution >= 0.6 is 0 Å². The van der Waals surface area contributed by atoms with Gasteiger partial charge < -0.3 is 9.47 Å². The van der Waals surface area contributed by atoms with E-state index in [0.717, 1.165) is 25.7 Å². The van der Waals surface area contributed by atoms with E-state index in [0.29, 0.717) is 24.5 Å². The van der Waals surface area contributed by atoms with Gasteiger partial charge in [0.1, 0.15) is 6.61 Å². The van der Waals surface area contributed by atoms with Crippen molar-refractivity contribution in [2.45, 2.75) is 59.8 Å². The van der Waals surface area contributed by atoms with Crippen LogP contribution in [0.2, 0.25) is 0 Å². The molecule has 0 saturated carbocycles. The lowest BCUT2D eigenvalue weighted by Gasteiger charge is -2.11. The molecule has 0 N–H and O–H groups in total. The van der Waals surface area contributed by atoms with Gasteiger partial charge in [-0.3, -0.25) is 4.79 Å². The summed E-state index contributed by atoms with van der Waals surface area (Å²) in [4.78, 5) is 23.4. The number of allylic oxidation sites excluding steroid dienone is 1. The summed E-state index contributed by atoms with van der Waals surface area (Å²) in [5.74, 6) is -0.347. The van der Waals surface area contributed by atoms with E-state index in [1.54, 1.807) is 6.08 Å². The molecule has 4 nitrogen and oxygen atoms in total. The van der Waals surface area contributed by atoms with E-state index in [2.05, 4.69) is 0 Å². The van der Waals surface area contributed by atoms with Gasteiger partial charge in [-0.15, -0.1) is 0 Å². The molecule has 0 spiro atoms. The molecule has 0 rings (SSSR count). The van der Waals surface area contributed by atoms with Gasteiger partial charge in [-0.05, 0) is 18.8 Å². The number of hydrogen-bond donors (Lipinski definition) is 0. The minimum Gasteiger partial charge on any atom is -0.462 e. The van der Waals surface area contributed by atoms with Crippen LogP contribution in [0, 0.1) is 5.92 Å². The molecular formula is C16H28O4. The maximum Gasteiger partial charge on any atom is 0.337 e. The highest BCUT2D eigenvalue weighted by molar-refractivity contribution is 5.89. The summed E-state index contributed by atoms with van der Waals surface area (Å²) in [5.41, 5.74) is 0.442. The van der Waals surface area contributed by atoms with Crippen molar-refractivity contribution in [1.82, 2.24) is 0 Å². The topological polar surface area (TPSA) is 52.6 Å². The highest BCUT2D eigenvalue weighted by atomic mass is 16.5. The zero-order valence-corrected chi connectivity index (χ0v) is 13.2. The number of carbonyl (C=O) groups is 2. The second-order valence-electron chi connectivity index (χ2n) is 5.27. The first-order valence-corrected chi connectivity index (χ1v) is 7.53. The van der Waals surface area contributed by atoms with Crippen molar-refractivity contribution >= 4 is 11.9 Å². The average molecular weight is 284 g/mol. The Kier molecular flexibility index (Phi) is 10.7. The Hall–Kier alpha value is -1.32. The van der Waals surface area contributed by atoms with Gasteiger partial charge in [0.2, 0.25) is 0 Å². The Morgan fingerprint density at radius 2 is 1.80 bits per heavy atom. The third-order valence-electron chi connectivity index (χ3n) is 2.61. The van der Waals surface area contributed by atoms with Crippen molar-refractivity contribution in [2.75, 3.05) is 13.2 Å². The minimum absolute atomic E-state index is 0.0134. The van der Waals surface area contributed by atoms with E-state index in [1.165, 1.54) is 0 Å². The largest absolute Gasteiger partial charge is 0.462 e. The Bertz CT molecular complexity index is 318. The van der Waals surface area contributed by atoms with E-state index >= 15 is 0 Å². The van der Waals surface area contributed by atoms with Crippen LogP contribution < -0.4 is 0 Å². The second-order valence-corrected chi connectivity index (χ2v) is 5.27. The predicted molar refractivity (Wildman–Crippen MR) is 79.3 cm³/mol. The Morgan fingerprint density at radius 3 is 2.35 bits per heavy atom. The van der Waals surface area contributed by atoms with Gasteiger partial charge in [0.05, 0.1) is 12.2 Å².